The number of phenolic OH excluding ortho intramolecular Hbond substituents is 6. The highest BCUT2D eigenvalue weighted by molar-refractivity contribution is 5.62. The molecule has 0 spiro atoms. The van der Waals surface area contributed by atoms with Gasteiger partial charge in [0, 0.05) is 40.5 Å². The van der Waals surface area contributed by atoms with Crippen LogP contribution in [0.5, 0.6) is 40.2 Å². The molecule has 8 N–H and O–H groups in total. The van der Waals surface area contributed by atoms with Crippen LogP contribution in [0.2, 0.25) is 0 Å². The molecule has 44 heavy (non-hydrogen) atoms. The molecule has 5 rings (SSSR count). The number of aromatic hydroxyl groups is 6. The van der Waals surface area contributed by atoms with Crippen molar-refractivity contribution in [1.82, 2.24) is 0 Å². The molecule has 0 saturated heterocycles. The highest BCUT2D eigenvalue weighted by atomic mass is 16.5. The zero-order chi connectivity index (χ0) is 32.2. The number of benzene rings is 4. The minimum absolute atomic E-state index is 0.0284. The summed E-state index contributed by atoms with van der Waals surface area (Å²) in [6.07, 6.45) is -3.44. The van der Waals surface area contributed by atoms with Crippen molar-refractivity contribution in [3.8, 4) is 40.2 Å². The number of aryl methyl sites for hydroxylation is 3. The fraction of sp³-hybridized carbons (Fsp3) is 0.314. The van der Waals surface area contributed by atoms with Crippen LogP contribution in [0, 0.1) is 20.8 Å². The molecule has 9 nitrogen and oxygen atoms in total. The minimum Gasteiger partial charge on any atom is -0.508 e. The van der Waals surface area contributed by atoms with Crippen LogP contribution < -0.4 is 4.74 Å². The number of phenols is 6. The SMILES string of the molecule is Cc1ccc(C(C)(C)[C@H](O)[C@@H](c2c(C)cc(O)cc2O)c2c(C)cc(O)c3c2O[C@H](c2ccc(O)c(O)c2)[C@@H](O)C3)cc1O. The Morgan fingerprint density at radius 1 is 0.705 bits per heavy atom. The van der Waals surface area contributed by atoms with Crippen LogP contribution in [0.25, 0.3) is 0 Å². The van der Waals surface area contributed by atoms with E-state index in [2.05, 4.69) is 0 Å². The van der Waals surface area contributed by atoms with E-state index in [1.54, 1.807) is 32.9 Å². The Kier molecular flexibility index (Phi) is 7.82. The molecule has 1 aliphatic heterocycles. The summed E-state index contributed by atoms with van der Waals surface area (Å²) < 4.78 is 6.44. The Morgan fingerprint density at radius 2 is 1.39 bits per heavy atom. The first-order chi connectivity index (χ1) is 20.6. The lowest BCUT2D eigenvalue weighted by Crippen LogP contribution is -2.40. The van der Waals surface area contributed by atoms with Crippen LogP contribution in [0.15, 0.2) is 54.6 Å². The second-order valence-electron chi connectivity index (χ2n) is 12.3. The molecule has 232 valence electrons. The van der Waals surface area contributed by atoms with E-state index in [0.29, 0.717) is 44.5 Å². The minimum atomic E-state index is -1.27. The maximum atomic E-state index is 12.4. The highest BCUT2D eigenvalue weighted by Gasteiger charge is 2.44. The Hall–Kier alpha value is -4.60. The summed E-state index contributed by atoms with van der Waals surface area (Å²) in [5.74, 6) is -1.98. The van der Waals surface area contributed by atoms with Gasteiger partial charge in [0.25, 0.3) is 0 Å². The third-order valence-electron chi connectivity index (χ3n) is 8.92. The van der Waals surface area contributed by atoms with Gasteiger partial charge in [-0.1, -0.05) is 32.0 Å². The van der Waals surface area contributed by atoms with Gasteiger partial charge in [0.1, 0.15) is 34.9 Å². The van der Waals surface area contributed by atoms with Gasteiger partial charge in [0.2, 0.25) is 0 Å². The number of ether oxygens (including phenoxy) is 1. The van der Waals surface area contributed by atoms with E-state index in [4.69, 9.17) is 4.74 Å². The third-order valence-corrected chi connectivity index (χ3v) is 8.92. The predicted molar refractivity (Wildman–Crippen MR) is 164 cm³/mol. The molecule has 0 aliphatic carbocycles. The van der Waals surface area contributed by atoms with Gasteiger partial charge < -0.3 is 45.6 Å². The van der Waals surface area contributed by atoms with Gasteiger partial charge in [-0.25, -0.2) is 0 Å². The average Bonchev–Trinajstić information content (AvgIpc) is 2.94. The van der Waals surface area contributed by atoms with Gasteiger partial charge in [-0.05, 0) is 78.9 Å². The second kappa shape index (κ2) is 11.2. The van der Waals surface area contributed by atoms with E-state index in [-0.39, 0.29) is 40.9 Å². The summed E-state index contributed by atoms with van der Waals surface area (Å²) >= 11 is 0. The van der Waals surface area contributed by atoms with Gasteiger partial charge in [-0.15, -0.1) is 0 Å². The van der Waals surface area contributed by atoms with Crippen LogP contribution in [0.1, 0.15) is 70.4 Å². The number of rotatable bonds is 6. The molecule has 4 aromatic rings. The second-order valence-corrected chi connectivity index (χ2v) is 12.3. The van der Waals surface area contributed by atoms with Gasteiger partial charge >= 0.3 is 0 Å². The van der Waals surface area contributed by atoms with Crippen LogP contribution in [-0.4, -0.2) is 53.1 Å². The zero-order valence-electron chi connectivity index (χ0n) is 25.2. The van der Waals surface area contributed by atoms with Crippen LogP contribution >= 0.6 is 0 Å². The van der Waals surface area contributed by atoms with E-state index in [1.165, 1.54) is 36.4 Å². The Bertz CT molecular complexity index is 1720. The van der Waals surface area contributed by atoms with Crippen LogP contribution in [0.4, 0.5) is 0 Å². The third kappa shape index (κ3) is 5.22. The summed E-state index contributed by atoms with van der Waals surface area (Å²) in [4.78, 5) is 0. The molecule has 1 aliphatic rings. The highest BCUT2D eigenvalue weighted by Crippen LogP contribution is 2.52. The number of fused-ring (bicyclic) bond motifs is 1. The van der Waals surface area contributed by atoms with Crippen molar-refractivity contribution in [1.29, 1.82) is 0 Å². The van der Waals surface area contributed by atoms with E-state index < -0.39 is 35.4 Å². The van der Waals surface area contributed by atoms with Gasteiger partial charge in [-0.3, -0.25) is 0 Å². The van der Waals surface area contributed by atoms with Crippen molar-refractivity contribution in [2.24, 2.45) is 0 Å². The number of hydrogen-bond donors (Lipinski definition) is 8. The average molecular weight is 603 g/mol. The van der Waals surface area contributed by atoms with E-state index >= 15 is 0 Å². The topological polar surface area (TPSA) is 171 Å². The first kappa shape index (κ1) is 30.8. The Labute approximate surface area is 255 Å². The van der Waals surface area contributed by atoms with Crippen molar-refractivity contribution in [2.45, 2.75) is 70.7 Å². The standard InChI is InChI=1S/C35H38O9/c1-16-6-8-20(13-24(16)38)35(4,5)34(43)31(29-17(2)10-21(36)14-27(29)41)30-18(3)11-25(39)22-15-28(42)32(44-33(22)30)19-7-9-23(37)26(40)12-19/h6-14,28,31-32,34,36-43H,15H2,1-5H3/t28-,31-,32+,34+/m0/s1. The number of aliphatic hydroxyl groups excluding tert-OH is 2. The molecular weight excluding hydrogens is 564 g/mol. The van der Waals surface area contributed by atoms with Crippen LogP contribution in [-0.2, 0) is 11.8 Å². The van der Waals surface area contributed by atoms with Crippen molar-refractivity contribution >= 4 is 0 Å². The molecule has 4 aromatic carbocycles. The fourth-order valence-electron chi connectivity index (χ4n) is 6.30. The molecule has 4 atom stereocenters. The summed E-state index contributed by atoms with van der Waals surface area (Å²) in [5, 5.41) is 86.5. The first-order valence-electron chi connectivity index (χ1n) is 14.3. The molecule has 0 radical (unpaired) electrons. The molecule has 0 saturated carbocycles. The lowest BCUT2D eigenvalue weighted by molar-refractivity contribution is 0.0174. The zero-order valence-corrected chi connectivity index (χ0v) is 25.2. The molecule has 1 heterocycles. The van der Waals surface area contributed by atoms with E-state index in [1.807, 2.05) is 19.9 Å². The molecule has 0 fully saturated rings. The Balaban J connectivity index is 1.76. The van der Waals surface area contributed by atoms with Crippen molar-refractivity contribution in [2.75, 3.05) is 0 Å². The van der Waals surface area contributed by atoms with Crippen molar-refractivity contribution < 1.29 is 45.6 Å². The van der Waals surface area contributed by atoms with Gasteiger partial charge in [0.05, 0.1) is 12.2 Å². The van der Waals surface area contributed by atoms with Crippen molar-refractivity contribution in [3.63, 3.8) is 0 Å². The number of aliphatic hydroxyl groups is 2. The van der Waals surface area contributed by atoms with E-state index in [0.717, 1.165) is 0 Å². The maximum Gasteiger partial charge on any atom is 0.157 e. The fourth-order valence-corrected chi connectivity index (χ4v) is 6.30. The molecule has 0 aromatic heterocycles. The quantitative estimate of drug-likeness (QED) is 0.135. The predicted octanol–water partition coefficient (Wildman–Crippen LogP) is 5.35. The smallest absolute Gasteiger partial charge is 0.157 e. The molecule has 0 amide bonds. The largest absolute Gasteiger partial charge is 0.508 e. The van der Waals surface area contributed by atoms with Crippen LogP contribution in [0.3, 0.4) is 0 Å². The van der Waals surface area contributed by atoms with E-state index in [9.17, 15) is 40.9 Å². The lowest BCUT2D eigenvalue weighted by atomic mass is 9.68. The van der Waals surface area contributed by atoms with Crippen molar-refractivity contribution in [3.05, 3.63) is 99.1 Å². The molecule has 0 bridgehead atoms. The van der Waals surface area contributed by atoms with Gasteiger partial charge in [0.15, 0.2) is 11.5 Å². The summed E-state index contributed by atoms with van der Waals surface area (Å²) in [7, 11) is 0. The molecule has 9 heteroatoms. The van der Waals surface area contributed by atoms with Gasteiger partial charge in [-0.2, -0.15) is 0 Å². The normalized spacial score (nSPS) is 17.9. The lowest BCUT2D eigenvalue weighted by Gasteiger charge is -2.41. The number of hydrogen-bond acceptors (Lipinski definition) is 9. The summed E-state index contributed by atoms with van der Waals surface area (Å²) in [5.41, 5.74) is 2.74. The maximum absolute atomic E-state index is 12.4. The summed E-state index contributed by atoms with van der Waals surface area (Å²) in [6, 6.07) is 13.5. The summed E-state index contributed by atoms with van der Waals surface area (Å²) in [6.45, 7) is 8.84. The first-order valence-corrected chi connectivity index (χ1v) is 14.3. The Morgan fingerprint density at radius 3 is 2.02 bits per heavy atom. The molecule has 0 unspecified atom stereocenters. The monoisotopic (exact) mass is 602 g/mol. The molecular formula is C35H38O9.